The Hall–Kier alpha value is -3.22. The summed E-state index contributed by atoms with van der Waals surface area (Å²) in [5.74, 6) is 0.183. The minimum atomic E-state index is -0.371. The second-order valence-corrected chi connectivity index (χ2v) is 6.39. The van der Waals surface area contributed by atoms with Crippen molar-refractivity contribution in [1.82, 2.24) is 14.9 Å². The van der Waals surface area contributed by atoms with E-state index in [0.717, 1.165) is 0 Å². The van der Waals surface area contributed by atoms with Crippen molar-refractivity contribution in [2.24, 2.45) is 0 Å². The van der Waals surface area contributed by atoms with Crippen LogP contribution in [0.5, 0.6) is 5.75 Å². The molecule has 1 amide bonds. The highest BCUT2D eigenvalue weighted by atomic mass is 19.1. The maximum Gasteiger partial charge on any atom is 0.261 e. The first-order valence-corrected chi connectivity index (χ1v) is 8.60. The molecule has 6 nitrogen and oxygen atoms in total. The van der Waals surface area contributed by atoms with Gasteiger partial charge in [0.15, 0.2) is 6.61 Å². The summed E-state index contributed by atoms with van der Waals surface area (Å²) in [7, 11) is 0. The summed E-state index contributed by atoms with van der Waals surface area (Å²) < 4.78 is 18.4. The second kappa shape index (κ2) is 7.99. The number of carbonyl (C=O) groups is 1. The molecular weight excluding hydrogens is 349 g/mol. The minimum absolute atomic E-state index is 0.119. The molecule has 27 heavy (non-hydrogen) atoms. The van der Waals surface area contributed by atoms with Crippen LogP contribution in [0.15, 0.2) is 53.3 Å². The van der Waals surface area contributed by atoms with Crippen LogP contribution < -0.4 is 10.3 Å². The summed E-state index contributed by atoms with van der Waals surface area (Å²) in [6, 6.07) is 12.4. The number of carbonyl (C=O) groups excluding carboxylic acids is 1. The van der Waals surface area contributed by atoms with Crippen LogP contribution in [0, 0.1) is 5.82 Å². The molecule has 0 aliphatic heterocycles. The van der Waals surface area contributed by atoms with E-state index in [1.54, 1.807) is 29.2 Å². The van der Waals surface area contributed by atoms with E-state index in [1.807, 2.05) is 13.8 Å². The molecule has 140 valence electrons. The number of benzene rings is 2. The molecule has 7 heteroatoms. The number of fused-ring (bicyclic) bond motifs is 1. The Morgan fingerprint density at radius 1 is 1.19 bits per heavy atom. The van der Waals surface area contributed by atoms with Crippen molar-refractivity contribution in [2.45, 2.75) is 26.4 Å². The summed E-state index contributed by atoms with van der Waals surface area (Å²) in [6.45, 7) is 3.70. The number of aromatic nitrogens is 2. The number of nitrogens with zero attached hydrogens (tertiary/aromatic N) is 2. The molecule has 2 aromatic carbocycles. The van der Waals surface area contributed by atoms with E-state index in [2.05, 4.69) is 9.97 Å². The van der Waals surface area contributed by atoms with Gasteiger partial charge in [0, 0.05) is 6.04 Å². The van der Waals surface area contributed by atoms with E-state index >= 15 is 0 Å². The van der Waals surface area contributed by atoms with Gasteiger partial charge < -0.3 is 14.6 Å². The van der Waals surface area contributed by atoms with Gasteiger partial charge in [0.25, 0.3) is 11.5 Å². The number of para-hydroxylation sites is 1. The van der Waals surface area contributed by atoms with Crippen molar-refractivity contribution in [3.05, 3.63) is 70.5 Å². The van der Waals surface area contributed by atoms with Crippen LogP contribution in [0.4, 0.5) is 4.39 Å². The van der Waals surface area contributed by atoms with Gasteiger partial charge in [-0.25, -0.2) is 9.37 Å². The maximum absolute atomic E-state index is 12.9. The quantitative estimate of drug-likeness (QED) is 0.725. The monoisotopic (exact) mass is 369 g/mol. The predicted molar refractivity (Wildman–Crippen MR) is 99.9 cm³/mol. The first-order valence-electron chi connectivity index (χ1n) is 8.60. The van der Waals surface area contributed by atoms with Gasteiger partial charge in [0.2, 0.25) is 0 Å². The molecule has 0 radical (unpaired) electrons. The number of hydrogen-bond acceptors (Lipinski definition) is 4. The Morgan fingerprint density at radius 3 is 2.59 bits per heavy atom. The zero-order valence-electron chi connectivity index (χ0n) is 15.1. The first-order chi connectivity index (χ1) is 12.9. The third-order valence-electron chi connectivity index (χ3n) is 4.10. The van der Waals surface area contributed by atoms with Crippen molar-refractivity contribution in [3.63, 3.8) is 0 Å². The Balaban J connectivity index is 1.74. The Bertz CT molecular complexity index is 999. The third kappa shape index (κ3) is 4.49. The van der Waals surface area contributed by atoms with Crippen molar-refractivity contribution in [2.75, 3.05) is 6.61 Å². The van der Waals surface area contributed by atoms with Gasteiger partial charge in [-0.05, 0) is 50.2 Å². The molecule has 0 bridgehead atoms. The molecule has 0 fully saturated rings. The molecule has 0 atom stereocenters. The molecule has 1 N–H and O–H groups in total. The average Bonchev–Trinajstić information content (AvgIpc) is 2.65. The molecule has 1 heterocycles. The summed E-state index contributed by atoms with van der Waals surface area (Å²) in [6.07, 6.45) is 0. The number of halogens is 1. The van der Waals surface area contributed by atoms with E-state index in [1.165, 1.54) is 24.3 Å². The number of nitrogens with one attached hydrogen (secondary N) is 1. The lowest BCUT2D eigenvalue weighted by atomic mass is 10.2. The fraction of sp³-hybridized carbons (Fsp3) is 0.250. The Labute approximate surface area is 155 Å². The Kier molecular flexibility index (Phi) is 5.49. The van der Waals surface area contributed by atoms with Gasteiger partial charge in [-0.15, -0.1) is 0 Å². The Morgan fingerprint density at radius 2 is 1.89 bits per heavy atom. The van der Waals surface area contributed by atoms with Crippen molar-refractivity contribution < 1.29 is 13.9 Å². The number of hydrogen-bond donors (Lipinski definition) is 1. The zero-order chi connectivity index (χ0) is 19.4. The normalized spacial score (nSPS) is 11.0. The van der Waals surface area contributed by atoms with E-state index < -0.39 is 0 Å². The lowest BCUT2D eigenvalue weighted by molar-refractivity contribution is -0.135. The lowest BCUT2D eigenvalue weighted by Gasteiger charge is -2.26. The van der Waals surface area contributed by atoms with Gasteiger partial charge in [0.05, 0.1) is 17.4 Å². The van der Waals surface area contributed by atoms with E-state index in [-0.39, 0.29) is 36.5 Å². The average molecular weight is 369 g/mol. The van der Waals surface area contributed by atoms with Crippen LogP contribution in [-0.4, -0.2) is 33.4 Å². The van der Waals surface area contributed by atoms with E-state index in [9.17, 15) is 14.0 Å². The molecule has 0 unspecified atom stereocenters. The van der Waals surface area contributed by atoms with Crippen LogP contribution in [0.3, 0.4) is 0 Å². The summed E-state index contributed by atoms with van der Waals surface area (Å²) in [5.41, 5.74) is 0.337. The lowest BCUT2D eigenvalue weighted by Crippen LogP contribution is -2.40. The largest absolute Gasteiger partial charge is 0.484 e. The summed E-state index contributed by atoms with van der Waals surface area (Å²) >= 11 is 0. The van der Waals surface area contributed by atoms with Gasteiger partial charge >= 0.3 is 0 Å². The van der Waals surface area contributed by atoms with Crippen LogP contribution in [0.25, 0.3) is 10.9 Å². The van der Waals surface area contributed by atoms with Gasteiger partial charge in [-0.3, -0.25) is 9.59 Å². The predicted octanol–water partition coefficient (Wildman–Crippen LogP) is 2.88. The van der Waals surface area contributed by atoms with Crippen molar-refractivity contribution in [3.8, 4) is 5.75 Å². The summed E-state index contributed by atoms with van der Waals surface area (Å²) in [4.78, 5) is 33.5. The number of rotatable bonds is 6. The highest BCUT2D eigenvalue weighted by Gasteiger charge is 2.19. The summed E-state index contributed by atoms with van der Waals surface area (Å²) in [5, 5.41) is 0.503. The molecule has 3 rings (SSSR count). The second-order valence-electron chi connectivity index (χ2n) is 6.39. The highest BCUT2D eigenvalue weighted by molar-refractivity contribution is 5.78. The molecule has 0 saturated heterocycles. The van der Waals surface area contributed by atoms with E-state index in [0.29, 0.717) is 22.5 Å². The van der Waals surface area contributed by atoms with Crippen LogP contribution in [0.2, 0.25) is 0 Å². The van der Waals surface area contributed by atoms with Gasteiger partial charge in [0.1, 0.15) is 17.4 Å². The molecule has 0 aliphatic rings. The fourth-order valence-corrected chi connectivity index (χ4v) is 2.69. The smallest absolute Gasteiger partial charge is 0.261 e. The number of amides is 1. The van der Waals surface area contributed by atoms with Crippen LogP contribution in [-0.2, 0) is 11.3 Å². The van der Waals surface area contributed by atoms with Gasteiger partial charge in [-0.1, -0.05) is 12.1 Å². The molecule has 0 aliphatic carbocycles. The van der Waals surface area contributed by atoms with Crippen LogP contribution in [0.1, 0.15) is 19.7 Å². The molecular formula is C20H20FN3O3. The topological polar surface area (TPSA) is 75.3 Å². The SMILES string of the molecule is CC(C)N(Cc1nc2ccccc2c(=O)[nH]1)C(=O)COc1ccc(F)cc1. The fourth-order valence-electron chi connectivity index (χ4n) is 2.69. The zero-order valence-corrected chi connectivity index (χ0v) is 15.1. The van der Waals surface area contributed by atoms with Crippen molar-refractivity contribution >= 4 is 16.8 Å². The van der Waals surface area contributed by atoms with Crippen LogP contribution >= 0.6 is 0 Å². The van der Waals surface area contributed by atoms with Crippen molar-refractivity contribution in [1.29, 1.82) is 0 Å². The standard InChI is InChI=1S/C20H20FN3O3/c1-13(2)24(19(25)12-27-15-9-7-14(21)8-10-15)11-18-22-17-6-4-3-5-16(17)20(26)23-18/h3-10,13H,11-12H2,1-2H3,(H,22,23,26). The molecule has 0 spiro atoms. The highest BCUT2D eigenvalue weighted by Crippen LogP contribution is 2.13. The van der Waals surface area contributed by atoms with E-state index in [4.69, 9.17) is 4.74 Å². The molecule has 1 aromatic heterocycles. The molecule has 3 aromatic rings. The first kappa shape index (κ1) is 18.6. The number of aromatic amines is 1. The minimum Gasteiger partial charge on any atom is -0.484 e. The number of ether oxygens (including phenoxy) is 1. The maximum atomic E-state index is 12.9. The third-order valence-corrected chi connectivity index (χ3v) is 4.10. The number of H-pyrrole nitrogens is 1. The molecule has 0 saturated carbocycles. The van der Waals surface area contributed by atoms with Gasteiger partial charge in [-0.2, -0.15) is 0 Å².